The molecule has 0 radical (unpaired) electrons. The van der Waals surface area contributed by atoms with Crippen LogP contribution in [-0.2, 0) is 4.79 Å². The van der Waals surface area contributed by atoms with Gasteiger partial charge in [-0.15, -0.1) is 0 Å². The van der Waals surface area contributed by atoms with E-state index in [1.807, 2.05) is 18.2 Å². The van der Waals surface area contributed by atoms with Crippen LogP contribution in [0.15, 0.2) is 24.4 Å². The van der Waals surface area contributed by atoms with Gasteiger partial charge >= 0.3 is 0 Å². The fourth-order valence-electron chi connectivity index (χ4n) is 2.00. The van der Waals surface area contributed by atoms with Crippen molar-refractivity contribution >= 4 is 17.4 Å². The second-order valence-electron chi connectivity index (χ2n) is 4.97. The summed E-state index contributed by atoms with van der Waals surface area (Å²) in [5, 5.41) is 9.39. The average molecular weight is 258 g/mol. The number of carbonyl (C=O) groups excluding carboxylic acids is 1. The standard InChI is InChI=1S/C13H14N4O2/c1-13(2)12(18)16-9-5-7(3-4-10(9)19-13)8-6-15-17-11(8)14/h3-6H,1-2H3,(H,16,18)(H3,14,15,17). The number of nitrogens with two attached hydrogens (primary N) is 1. The Hall–Kier alpha value is -2.50. The van der Waals surface area contributed by atoms with Crippen LogP contribution in [0.3, 0.4) is 0 Å². The molecule has 4 N–H and O–H groups in total. The second-order valence-corrected chi connectivity index (χ2v) is 4.97. The number of H-pyrrole nitrogens is 1. The Balaban J connectivity index is 2.05. The largest absolute Gasteiger partial charge is 0.476 e. The zero-order chi connectivity index (χ0) is 13.6. The summed E-state index contributed by atoms with van der Waals surface area (Å²) < 4.78 is 5.67. The molecule has 0 unspecified atom stereocenters. The molecule has 19 heavy (non-hydrogen) atoms. The highest BCUT2D eigenvalue weighted by molar-refractivity contribution is 6.01. The minimum absolute atomic E-state index is 0.169. The number of benzene rings is 1. The van der Waals surface area contributed by atoms with Crippen molar-refractivity contribution in [3.8, 4) is 16.9 Å². The number of nitrogens with one attached hydrogen (secondary N) is 2. The number of hydrogen-bond donors (Lipinski definition) is 3. The van der Waals surface area contributed by atoms with Crippen molar-refractivity contribution in [3.63, 3.8) is 0 Å². The quantitative estimate of drug-likeness (QED) is 0.726. The molecule has 1 aromatic carbocycles. The summed E-state index contributed by atoms with van der Waals surface area (Å²) in [6, 6.07) is 5.52. The zero-order valence-corrected chi connectivity index (χ0v) is 10.7. The van der Waals surface area contributed by atoms with Crippen molar-refractivity contribution in [2.24, 2.45) is 0 Å². The number of carbonyl (C=O) groups is 1. The van der Waals surface area contributed by atoms with Crippen LogP contribution >= 0.6 is 0 Å². The minimum atomic E-state index is -0.858. The molecular formula is C13H14N4O2. The third-order valence-corrected chi connectivity index (χ3v) is 3.12. The third kappa shape index (κ3) is 1.81. The smallest absolute Gasteiger partial charge is 0.268 e. The van der Waals surface area contributed by atoms with Crippen LogP contribution in [0.25, 0.3) is 11.1 Å². The lowest BCUT2D eigenvalue weighted by Crippen LogP contribution is -2.45. The number of nitrogens with zero attached hydrogens (tertiary/aromatic N) is 1. The predicted octanol–water partition coefficient (Wildman–Crippen LogP) is 1.77. The maximum Gasteiger partial charge on any atom is 0.268 e. The number of aromatic amines is 1. The van der Waals surface area contributed by atoms with Crippen LogP contribution in [0.4, 0.5) is 11.5 Å². The topological polar surface area (TPSA) is 93.0 Å². The van der Waals surface area contributed by atoms with Gasteiger partial charge in [-0.3, -0.25) is 9.89 Å². The monoisotopic (exact) mass is 258 g/mol. The Morgan fingerprint density at radius 3 is 2.84 bits per heavy atom. The molecule has 98 valence electrons. The fourth-order valence-corrected chi connectivity index (χ4v) is 2.00. The van der Waals surface area contributed by atoms with Gasteiger partial charge < -0.3 is 15.8 Å². The molecule has 0 spiro atoms. The van der Waals surface area contributed by atoms with Crippen LogP contribution < -0.4 is 15.8 Å². The number of ether oxygens (including phenoxy) is 1. The first-order chi connectivity index (χ1) is 8.97. The SMILES string of the molecule is CC1(C)Oc2ccc(-c3cn[nH]c3N)cc2NC1=O. The Bertz CT molecular complexity index is 660. The van der Waals surface area contributed by atoms with E-state index in [1.54, 1.807) is 20.0 Å². The molecule has 1 aromatic heterocycles. The van der Waals surface area contributed by atoms with Gasteiger partial charge in [0.15, 0.2) is 5.60 Å². The lowest BCUT2D eigenvalue weighted by Gasteiger charge is -2.31. The van der Waals surface area contributed by atoms with E-state index in [0.29, 0.717) is 17.3 Å². The molecule has 2 heterocycles. The van der Waals surface area contributed by atoms with E-state index in [4.69, 9.17) is 10.5 Å². The normalized spacial score (nSPS) is 16.4. The summed E-state index contributed by atoms with van der Waals surface area (Å²) in [5.74, 6) is 0.969. The Morgan fingerprint density at radius 2 is 2.16 bits per heavy atom. The summed E-state index contributed by atoms with van der Waals surface area (Å²) >= 11 is 0. The molecule has 0 saturated heterocycles. The van der Waals surface area contributed by atoms with Gasteiger partial charge in [-0.25, -0.2) is 0 Å². The number of amides is 1. The van der Waals surface area contributed by atoms with E-state index in [-0.39, 0.29) is 5.91 Å². The highest BCUT2D eigenvalue weighted by Gasteiger charge is 2.35. The Kier molecular flexibility index (Phi) is 2.28. The lowest BCUT2D eigenvalue weighted by atomic mass is 10.0. The minimum Gasteiger partial charge on any atom is -0.476 e. The Morgan fingerprint density at radius 1 is 1.37 bits per heavy atom. The van der Waals surface area contributed by atoms with Gasteiger partial charge in [-0.1, -0.05) is 6.07 Å². The molecule has 6 nitrogen and oxygen atoms in total. The molecule has 0 bridgehead atoms. The first kappa shape index (κ1) is 11.6. The number of hydrogen-bond acceptors (Lipinski definition) is 4. The van der Waals surface area contributed by atoms with E-state index >= 15 is 0 Å². The van der Waals surface area contributed by atoms with Crippen LogP contribution in [0.2, 0.25) is 0 Å². The second kappa shape index (κ2) is 3.74. The molecule has 3 rings (SSSR count). The number of aromatic nitrogens is 2. The maximum atomic E-state index is 11.9. The van der Waals surface area contributed by atoms with Gasteiger partial charge in [0.05, 0.1) is 11.9 Å². The van der Waals surface area contributed by atoms with Crippen molar-refractivity contribution < 1.29 is 9.53 Å². The predicted molar refractivity (Wildman–Crippen MR) is 71.8 cm³/mol. The summed E-state index contributed by atoms with van der Waals surface area (Å²) in [6.45, 7) is 3.46. The van der Waals surface area contributed by atoms with E-state index in [2.05, 4.69) is 15.5 Å². The number of nitrogen functional groups attached to an aromatic ring is 1. The van der Waals surface area contributed by atoms with Gasteiger partial charge in [-0.2, -0.15) is 5.10 Å². The van der Waals surface area contributed by atoms with Crippen LogP contribution in [-0.4, -0.2) is 21.7 Å². The van der Waals surface area contributed by atoms with Crippen molar-refractivity contribution in [3.05, 3.63) is 24.4 Å². The van der Waals surface area contributed by atoms with Gasteiger partial charge in [0.1, 0.15) is 11.6 Å². The molecule has 0 atom stereocenters. The van der Waals surface area contributed by atoms with Crippen LogP contribution in [0.1, 0.15) is 13.8 Å². The lowest BCUT2D eigenvalue weighted by molar-refractivity contribution is -0.129. The van der Waals surface area contributed by atoms with Crippen molar-refractivity contribution in [2.45, 2.75) is 19.4 Å². The number of rotatable bonds is 1. The van der Waals surface area contributed by atoms with Gasteiger partial charge in [0.25, 0.3) is 5.91 Å². The number of fused-ring (bicyclic) bond motifs is 1. The fraction of sp³-hybridized carbons (Fsp3) is 0.231. The molecule has 2 aromatic rings. The molecule has 0 aliphatic carbocycles. The summed E-state index contributed by atoms with van der Waals surface area (Å²) in [6.07, 6.45) is 1.65. The zero-order valence-electron chi connectivity index (χ0n) is 10.7. The molecule has 1 aliphatic heterocycles. The molecule has 1 aliphatic rings. The van der Waals surface area contributed by atoms with Gasteiger partial charge in [0.2, 0.25) is 0 Å². The van der Waals surface area contributed by atoms with Crippen molar-refractivity contribution in [1.82, 2.24) is 10.2 Å². The van der Waals surface area contributed by atoms with Crippen molar-refractivity contribution in [1.29, 1.82) is 0 Å². The highest BCUT2D eigenvalue weighted by atomic mass is 16.5. The van der Waals surface area contributed by atoms with Gasteiger partial charge in [0, 0.05) is 5.56 Å². The van der Waals surface area contributed by atoms with Crippen LogP contribution in [0.5, 0.6) is 5.75 Å². The molecule has 0 fully saturated rings. The van der Waals surface area contributed by atoms with E-state index in [1.165, 1.54) is 0 Å². The van der Waals surface area contributed by atoms with Crippen LogP contribution in [0, 0.1) is 0 Å². The first-order valence-corrected chi connectivity index (χ1v) is 5.91. The first-order valence-electron chi connectivity index (χ1n) is 5.91. The molecule has 6 heteroatoms. The third-order valence-electron chi connectivity index (χ3n) is 3.12. The maximum absolute atomic E-state index is 11.9. The molecular weight excluding hydrogens is 244 g/mol. The summed E-state index contributed by atoms with van der Waals surface area (Å²) in [7, 11) is 0. The average Bonchev–Trinajstić information content (AvgIpc) is 2.76. The van der Waals surface area contributed by atoms with Crippen molar-refractivity contribution in [2.75, 3.05) is 11.1 Å². The molecule has 0 saturated carbocycles. The number of anilines is 2. The highest BCUT2D eigenvalue weighted by Crippen LogP contribution is 2.37. The molecule has 1 amide bonds. The van der Waals surface area contributed by atoms with E-state index in [9.17, 15) is 4.79 Å². The van der Waals surface area contributed by atoms with Gasteiger partial charge in [-0.05, 0) is 31.5 Å². The van der Waals surface area contributed by atoms with E-state index < -0.39 is 5.60 Å². The summed E-state index contributed by atoms with van der Waals surface area (Å²) in [4.78, 5) is 11.9. The Labute approximate surface area is 110 Å². The van der Waals surface area contributed by atoms with E-state index in [0.717, 1.165) is 11.1 Å². The summed E-state index contributed by atoms with van der Waals surface area (Å²) in [5.41, 5.74) is 7.23.